The molecule has 0 radical (unpaired) electrons. The minimum absolute atomic E-state index is 0.0967. The van der Waals surface area contributed by atoms with Gasteiger partial charge in [-0.3, -0.25) is 0 Å². The third-order valence-corrected chi connectivity index (χ3v) is 3.77. The fourth-order valence-electron chi connectivity index (χ4n) is 2.51. The zero-order chi connectivity index (χ0) is 20.1. The SMILES string of the molecule is C=CC(=O)OCCCCCCOCC(O)COC(=O)c1cc(C)cc(C)c1. The molecule has 6 heteroatoms. The summed E-state index contributed by atoms with van der Waals surface area (Å²) in [6.45, 7) is 8.11. The van der Waals surface area contributed by atoms with Gasteiger partial charge in [-0.05, 0) is 45.2 Å². The van der Waals surface area contributed by atoms with Gasteiger partial charge in [0.05, 0.1) is 18.8 Å². The van der Waals surface area contributed by atoms with Crippen molar-refractivity contribution >= 4 is 11.9 Å². The van der Waals surface area contributed by atoms with Gasteiger partial charge in [0.25, 0.3) is 0 Å². The molecule has 1 atom stereocenters. The predicted molar refractivity (Wildman–Crippen MR) is 103 cm³/mol. The molecule has 6 nitrogen and oxygen atoms in total. The Morgan fingerprint density at radius 3 is 2.26 bits per heavy atom. The Bertz CT molecular complexity index is 590. The summed E-state index contributed by atoms with van der Waals surface area (Å²) in [7, 11) is 0. The number of hydrogen-bond donors (Lipinski definition) is 1. The summed E-state index contributed by atoms with van der Waals surface area (Å²) in [5, 5.41) is 9.84. The van der Waals surface area contributed by atoms with Crippen LogP contribution in [0.1, 0.15) is 47.2 Å². The highest BCUT2D eigenvalue weighted by Gasteiger charge is 2.12. The van der Waals surface area contributed by atoms with Crippen LogP contribution in [0.15, 0.2) is 30.9 Å². The second kappa shape index (κ2) is 13.1. The second-order valence-electron chi connectivity index (χ2n) is 6.49. The fourth-order valence-corrected chi connectivity index (χ4v) is 2.51. The Kier molecular flexibility index (Phi) is 11.1. The van der Waals surface area contributed by atoms with Crippen LogP contribution in [0.3, 0.4) is 0 Å². The van der Waals surface area contributed by atoms with Crippen molar-refractivity contribution in [1.82, 2.24) is 0 Å². The smallest absolute Gasteiger partial charge is 0.338 e. The number of hydrogen-bond acceptors (Lipinski definition) is 6. The van der Waals surface area contributed by atoms with E-state index >= 15 is 0 Å². The molecular formula is C21H30O6. The number of benzene rings is 1. The number of aliphatic hydroxyl groups excluding tert-OH is 1. The van der Waals surface area contributed by atoms with Crippen molar-refractivity contribution < 1.29 is 28.9 Å². The molecule has 0 bridgehead atoms. The van der Waals surface area contributed by atoms with Gasteiger partial charge in [0.15, 0.2) is 0 Å². The third-order valence-electron chi connectivity index (χ3n) is 3.77. The van der Waals surface area contributed by atoms with E-state index in [4.69, 9.17) is 14.2 Å². The van der Waals surface area contributed by atoms with Crippen LogP contribution in [0, 0.1) is 13.8 Å². The summed E-state index contributed by atoms with van der Waals surface area (Å²) < 4.78 is 15.4. The molecule has 0 aliphatic carbocycles. The lowest BCUT2D eigenvalue weighted by Crippen LogP contribution is -2.24. The first-order chi connectivity index (χ1) is 12.9. The predicted octanol–water partition coefficient (Wildman–Crippen LogP) is 3.13. The van der Waals surface area contributed by atoms with Crippen LogP contribution < -0.4 is 0 Å². The summed E-state index contributed by atoms with van der Waals surface area (Å²) in [5.74, 6) is -0.844. The molecular weight excluding hydrogens is 348 g/mol. The molecule has 0 aliphatic rings. The van der Waals surface area contributed by atoms with Gasteiger partial charge in [0, 0.05) is 12.7 Å². The number of rotatable bonds is 13. The van der Waals surface area contributed by atoms with Gasteiger partial charge in [-0.1, -0.05) is 30.2 Å². The van der Waals surface area contributed by atoms with Crippen LogP contribution >= 0.6 is 0 Å². The Morgan fingerprint density at radius 2 is 1.63 bits per heavy atom. The van der Waals surface area contributed by atoms with Crippen molar-refractivity contribution in [3.8, 4) is 0 Å². The summed E-state index contributed by atoms with van der Waals surface area (Å²) in [4.78, 5) is 22.8. The number of unbranched alkanes of at least 4 members (excludes halogenated alkanes) is 3. The topological polar surface area (TPSA) is 82.1 Å². The molecule has 150 valence electrons. The maximum Gasteiger partial charge on any atom is 0.338 e. The molecule has 27 heavy (non-hydrogen) atoms. The second-order valence-corrected chi connectivity index (χ2v) is 6.49. The lowest BCUT2D eigenvalue weighted by molar-refractivity contribution is -0.137. The highest BCUT2D eigenvalue weighted by molar-refractivity contribution is 5.89. The van der Waals surface area contributed by atoms with Crippen molar-refractivity contribution in [2.75, 3.05) is 26.4 Å². The number of aliphatic hydroxyl groups is 1. The van der Waals surface area contributed by atoms with Gasteiger partial charge >= 0.3 is 11.9 Å². The molecule has 1 N–H and O–H groups in total. The molecule has 1 unspecified atom stereocenters. The summed E-state index contributed by atoms with van der Waals surface area (Å²) in [5.41, 5.74) is 2.47. The first kappa shape index (κ1) is 22.9. The molecule has 0 spiro atoms. The molecule has 1 aromatic rings. The van der Waals surface area contributed by atoms with Crippen molar-refractivity contribution in [1.29, 1.82) is 0 Å². The lowest BCUT2D eigenvalue weighted by Gasteiger charge is -2.12. The molecule has 0 saturated carbocycles. The van der Waals surface area contributed by atoms with E-state index in [0.29, 0.717) is 18.8 Å². The van der Waals surface area contributed by atoms with Gasteiger partial charge in [0.2, 0.25) is 0 Å². The number of carbonyl (C=O) groups is 2. The highest BCUT2D eigenvalue weighted by Crippen LogP contribution is 2.10. The molecule has 1 aromatic carbocycles. The third kappa shape index (κ3) is 10.5. The minimum atomic E-state index is -0.849. The van der Waals surface area contributed by atoms with Crippen molar-refractivity contribution in [3.05, 3.63) is 47.5 Å². The van der Waals surface area contributed by atoms with Gasteiger partial charge < -0.3 is 19.3 Å². The molecule has 0 heterocycles. The van der Waals surface area contributed by atoms with E-state index in [1.807, 2.05) is 19.9 Å². The average Bonchev–Trinajstić information content (AvgIpc) is 2.63. The van der Waals surface area contributed by atoms with Gasteiger partial charge in [-0.25, -0.2) is 9.59 Å². The van der Waals surface area contributed by atoms with Gasteiger partial charge in [0.1, 0.15) is 12.7 Å². The number of esters is 2. The van der Waals surface area contributed by atoms with Crippen LogP contribution in [-0.4, -0.2) is 49.6 Å². The number of carbonyl (C=O) groups excluding carboxylic acids is 2. The molecule has 0 aliphatic heterocycles. The maximum atomic E-state index is 12.0. The quantitative estimate of drug-likeness (QED) is 0.323. The Morgan fingerprint density at radius 1 is 1.00 bits per heavy atom. The maximum absolute atomic E-state index is 12.0. The Hall–Kier alpha value is -2.18. The standard InChI is InChI=1S/C21H30O6/c1-4-20(23)26-10-8-6-5-7-9-25-14-19(22)15-27-21(24)18-12-16(2)11-17(3)13-18/h4,11-13,19,22H,1,5-10,14-15H2,2-3H3. The molecule has 0 aromatic heterocycles. The minimum Gasteiger partial charge on any atom is -0.463 e. The zero-order valence-electron chi connectivity index (χ0n) is 16.2. The average molecular weight is 378 g/mol. The van der Waals surface area contributed by atoms with E-state index in [1.54, 1.807) is 12.1 Å². The normalized spacial score (nSPS) is 11.7. The van der Waals surface area contributed by atoms with E-state index in [0.717, 1.165) is 42.9 Å². The van der Waals surface area contributed by atoms with Crippen LogP contribution in [-0.2, 0) is 19.0 Å². The van der Waals surface area contributed by atoms with Crippen molar-refractivity contribution in [3.63, 3.8) is 0 Å². The van der Waals surface area contributed by atoms with Crippen molar-refractivity contribution in [2.24, 2.45) is 0 Å². The van der Waals surface area contributed by atoms with Crippen LogP contribution in [0.5, 0.6) is 0 Å². The Labute approximate surface area is 161 Å². The zero-order valence-corrected chi connectivity index (χ0v) is 16.2. The van der Waals surface area contributed by atoms with E-state index < -0.39 is 18.0 Å². The first-order valence-electron chi connectivity index (χ1n) is 9.22. The first-order valence-corrected chi connectivity index (χ1v) is 9.22. The molecule has 0 amide bonds. The summed E-state index contributed by atoms with van der Waals surface area (Å²) in [6, 6.07) is 5.50. The summed E-state index contributed by atoms with van der Waals surface area (Å²) >= 11 is 0. The molecule has 0 saturated heterocycles. The lowest BCUT2D eigenvalue weighted by atomic mass is 10.1. The van der Waals surface area contributed by atoms with Gasteiger partial charge in [-0.2, -0.15) is 0 Å². The molecule has 1 rings (SSSR count). The molecule has 0 fully saturated rings. The fraction of sp³-hybridized carbons (Fsp3) is 0.524. The van der Waals surface area contributed by atoms with Crippen LogP contribution in [0.4, 0.5) is 0 Å². The highest BCUT2D eigenvalue weighted by atomic mass is 16.5. The largest absolute Gasteiger partial charge is 0.463 e. The van der Waals surface area contributed by atoms with Crippen LogP contribution in [0.25, 0.3) is 0 Å². The number of ether oxygens (including phenoxy) is 3. The van der Waals surface area contributed by atoms with E-state index in [9.17, 15) is 14.7 Å². The van der Waals surface area contributed by atoms with Crippen molar-refractivity contribution in [2.45, 2.75) is 45.6 Å². The van der Waals surface area contributed by atoms with Crippen LogP contribution in [0.2, 0.25) is 0 Å². The van der Waals surface area contributed by atoms with E-state index in [1.165, 1.54) is 0 Å². The van der Waals surface area contributed by atoms with E-state index in [2.05, 4.69) is 6.58 Å². The Balaban J connectivity index is 2.05. The van der Waals surface area contributed by atoms with Gasteiger partial charge in [-0.15, -0.1) is 0 Å². The monoisotopic (exact) mass is 378 g/mol. The summed E-state index contributed by atoms with van der Waals surface area (Å²) in [6.07, 6.45) is 3.84. The number of aryl methyl sites for hydroxylation is 2. The van der Waals surface area contributed by atoms with E-state index in [-0.39, 0.29) is 13.2 Å².